The summed E-state index contributed by atoms with van der Waals surface area (Å²) < 4.78 is 37.6. The number of aliphatic hydroxyl groups is 11. The number of carbonyl (C=O) groups excluding carboxylic acids is 3. The maximum Gasteiger partial charge on any atom is 0.397 e. The Bertz CT molecular complexity index is 2660. The summed E-state index contributed by atoms with van der Waals surface area (Å²) >= 11 is 0. The van der Waals surface area contributed by atoms with E-state index in [-0.39, 0.29) is 75.4 Å². The van der Waals surface area contributed by atoms with Crippen LogP contribution in [0.5, 0.6) is 0 Å². The Labute approximate surface area is 566 Å². The van der Waals surface area contributed by atoms with Gasteiger partial charge >= 0.3 is 10.4 Å². The highest BCUT2D eigenvalue weighted by Gasteiger charge is 2.30. The number of ketones is 2. The van der Waals surface area contributed by atoms with E-state index >= 15 is 0 Å². The Balaban J connectivity index is 2.41. The van der Waals surface area contributed by atoms with Gasteiger partial charge in [0.2, 0.25) is 5.91 Å². The molecule has 22 heteroatoms. The van der Waals surface area contributed by atoms with Gasteiger partial charge in [-0.2, -0.15) is 8.42 Å². The van der Waals surface area contributed by atoms with Crippen molar-refractivity contribution in [2.45, 2.75) is 243 Å². The van der Waals surface area contributed by atoms with Crippen LogP contribution in [0.2, 0.25) is 0 Å². The summed E-state index contributed by atoms with van der Waals surface area (Å²) in [4.78, 5) is 36.8. The molecule has 0 bridgehead atoms. The highest BCUT2D eigenvalue weighted by atomic mass is 32.3. The third-order valence-electron chi connectivity index (χ3n) is 16.4. The van der Waals surface area contributed by atoms with E-state index in [0.717, 1.165) is 32.1 Å². The lowest BCUT2D eigenvalue weighted by molar-refractivity contribution is -0.127. The number of rotatable bonds is 51. The number of unbranched alkanes of at least 4 members (excludes halogenated alkanes) is 1. The Kier molecular flexibility index (Phi) is 48.0. The lowest BCUT2D eigenvalue weighted by Crippen LogP contribution is -2.52. The molecule has 18 atom stereocenters. The van der Waals surface area contributed by atoms with Gasteiger partial charge in [0.15, 0.2) is 5.78 Å². The third kappa shape index (κ3) is 46.6. The van der Waals surface area contributed by atoms with E-state index in [0.29, 0.717) is 43.2 Å². The molecule has 1 amide bonds. The molecule has 538 valence electrons. The number of carbonyl (C=O) groups is 3. The molecule has 1 fully saturated rings. The average molecular weight is 1360 g/mol. The average Bonchev–Trinajstić information content (AvgIpc) is 1.19. The van der Waals surface area contributed by atoms with Crippen LogP contribution in [0.4, 0.5) is 0 Å². The first-order valence-corrected chi connectivity index (χ1v) is 35.0. The molecule has 0 aliphatic heterocycles. The van der Waals surface area contributed by atoms with E-state index in [4.69, 9.17) is 9.92 Å². The Morgan fingerprint density at radius 3 is 1.63 bits per heavy atom. The number of allylic oxidation sites excluding steroid dienone is 17. The van der Waals surface area contributed by atoms with Crippen LogP contribution in [-0.2, 0) is 29.0 Å². The highest BCUT2D eigenvalue weighted by Crippen LogP contribution is 2.32. The molecule has 0 saturated heterocycles. The molecule has 1 rings (SSSR count). The second-order valence-electron chi connectivity index (χ2n) is 25.2. The lowest BCUT2D eigenvalue weighted by atomic mass is 9.78. The van der Waals surface area contributed by atoms with Crippen molar-refractivity contribution < 1.29 is 87.7 Å². The fourth-order valence-electron chi connectivity index (χ4n) is 10.4. The van der Waals surface area contributed by atoms with E-state index in [1.165, 1.54) is 50.6 Å². The minimum absolute atomic E-state index is 0.0000497. The quantitative estimate of drug-likeness (QED) is 0.00701. The van der Waals surface area contributed by atoms with Gasteiger partial charge in [0.05, 0.1) is 73.2 Å². The van der Waals surface area contributed by atoms with Crippen LogP contribution in [0.1, 0.15) is 164 Å². The molecule has 18 unspecified atom stereocenters. The first kappa shape index (κ1) is 87.8. The maximum atomic E-state index is 13.1. The first-order chi connectivity index (χ1) is 45.0. The molecular formula is C73H117N3O18S. The standard InChI is InChI=1S/C73H117N3O18S/c1-52(57(6)77)31-21-17-13-12-14-18-22-33-54(3)72(90)56(5)68(87)42-23-19-15-10-8-7-9-11-16-20-24-43-70(94-95(91,92)93)55(4)69(88)51-67(86)50-64(83)40-29-39-63(82)49-66(85)48-62(81)38-28-37-60(79)46-59(78)35-27-36-61(80)47-65(84)41-30-44-75-73(74)76-71(89)45-58-34-26-25-32-53(58)2/h7-13,15-17,19-24,27-29,31,33,35,38,40,42,53-56,58-68,70,72-73,75,78-87,90H,14,18,25-26,30,32,34,36-37,39,41,43-51,74H2,1-6H3,(H,76,89)(H,91,92,93)/b9-7+,10-8+,13-12+,16-11+,19-15+,21-17+,24-20+,33-22+,35-27+,38-28+,40-29+,42-23+,52-31+. The SMILES string of the molecule is CC(=O)/C(C)=C/C=C/C=C/CC/C=C/C(C)C(O)C(C)C(O)/C=C/C=C/C=C/C=C/C=C/C=C/CC(OS(=O)(=O)O)C(C)C(=O)CC(O)CC(O)/C=C/CC(O)CC(O)CC(O)/C=C/CC(O)CC(O)/C=C/CC(O)CC(O)CCCNC(N)NC(=O)CC1CCCCC1C. The second kappa shape index (κ2) is 51.9. The van der Waals surface area contributed by atoms with Crippen LogP contribution in [0.25, 0.3) is 0 Å². The normalized spacial score (nSPS) is 21.1. The monoisotopic (exact) mass is 1360 g/mol. The zero-order valence-electron chi connectivity index (χ0n) is 56.8. The number of nitrogens with one attached hydrogen (secondary N) is 2. The summed E-state index contributed by atoms with van der Waals surface area (Å²) in [6, 6.07) is 0. The number of aliphatic hydroxyl groups excluding tert-OH is 11. The van der Waals surface area contributed by atoms with Crippen molar-refractivity contribution >= 4 is 27.9 Å². The highest BCUT2D eigenvalue weighted by molar-refractivity contribution is 7.80. The van der Waals surface area contributed by atoms with Gasteiger partial charge in [-0.3, -0.25) is 30.0 Å². The first-order valence-electron chi connectivity index (χ1n) is 33.6. The summed E-state index contributed by atoms with van der Waals surface area (Å²) in [5.74, 6) is -1.39. The molecule has 1 aliphatic rings. The van der Waals surface area contributed by atoms with Crippen LogP contribution in [0.15, 0.2) is 157 Å². The predicted octanol–water partition coefficient (Wildman–Crippen LogP) is 7.46. The summed E-state index contributed by atoms with van der Waals surface area (Å²) in [6.45, 7) is 11.0. The summed E-state index contributed by atoms with van der Waals surface area (Å²) in [5, 5.41) is 121. The molecule has 1 saturated carbocycles. The zero-order chi connectivity index (χ0) is 71.1. The van der Waals surface area contributed by atoms with Gasteiger partial charge < -0.3 is 61.5 Å². The van der Waals surface area contributed by atoms with E-state index in [1.54, 1.807) is 98.9 Å². The van der Waals surface area contributed by atoms with Gasteiger partial charge in [-0.15, -0.1) is 0 Å². The molecule has 16 N–H and O–H groups in total. The molecule has 0 spiro atoms. The van der Waals surface area contributed by atoms with Crippen LogP contribution >= 0.6 is 0 Å². The van der Waals surface area contributed by atoms with E-state index < -0.39 is 114 Å². The summed E-state index contributed by atoms with van der Waals surface area (Å²) in [5.41, 5.74) is 6.71. The molecule has 95 heavy (non-hydrogen) atoms. The van der Waals surface area contributed by atoms with Gasteiger partial charge in [-0.25, -0.2) is 4.18 Å². The topological polar surface area (TPSA) is 387 Å². The fraction of sp³-hybridized carbons (Fsp3) is 0.603. The Morgan fingerprint density at radius 1 is 0.568 bits per heavy atom. The van der Waals surface area contributed by atoms with Crippen LogP contribution < -0.4 is 16.4 Å². The molecular weight excluding hydrogens is 1240 g/mol. The van der Waals surface area contributed by atoms with E-state index in [2.05, 4.69) is 17.6 Å². The summed E-state index contributed by atoms with van der Waals surface area (Å²) in [6.07, 6.45) is 36.1. The summed E-state index contributed by atoms with van der Waals surface area (Å²) in [7, 11) is -4.96. The fourth-order valence-corrected chi connectivity index (χ4v) is 11.0. The van der Waals surface area contributed by atoms with Crippen molar-refractivity contribution in [2.24, 2.45) is 35.3 Å². The Hall–Kier alpha value is -5.22. The zero-order valence-corrected chi connectivity index (χ0v) is 57.6. The van der Waals surface area contributed by atoms with E-state index in [9.17, 15) is 83.5 Å². The minimum Gasteiger partial charge on any atom is -0.393 e. The molecule has 0 aromatic heterocycles. The molecule has 0 aromatic rings. The lowest BCUT2D eigenvalue weighted by Gasteiger charge is -2.28. The number of Topliss-reactive ketones (excluding diaryl/α,β-unsaturated/α-hetero) is 2. The van der Waals surface area contributed by atoms with Crippen LogP contribution in [0, 0.1) is 29.6 Å². The maximum absolute atomic E-state index is 13.1. The number of nitrogens with two attached hydrogens (primary N) is 1. The van der Waals surface area contributed by atoms with Crippen molar-refractivity contribution in [3.63, 3.8) is 0 Å². The van der Waals surface area contributed by atoms with Crippen molar-refractivity contribution in [3.8, 4) is 0 Å². The molecule has 1 aliphatic carbocycles. The van der Waals surface area contributed by atoms with E-state index in [1.807, 2.05) is 43.4 Å². The van der Waals surface area contributed by atoms with Gasteiger partial charge in [-0.05, 0) is 108 Å². The smallest absolute Gasteiger partial charge is 0.393 e. The van der Waals surface area contributed by atoms with Crippen molar-refractivity contribution in [2.75, 3.05) is 6.54 Å². The van der Waals surface area contributed by atoms with Crippen LogP contribution in [0.3, 0.4) is 0 Å². The number of amides is 1. The van der Waals surface area contributed by atoms with Crippen molar-refractivity contribution in [1.29, 1.82) is 0 Å². The van der Waals surface area contributed by atoms with Gasteiger partial charge in [-0.1, -0.05) is 199 Å². The molecule has 0 radical (unpaired) electrons. The molecule has 21 nitrogen and oxygen atoms in total. The third-order valence-corrected chi connectivity index (χ3v) is 16.9. The van der Waals surface area contributed by atoms with Crippen molar-refractivity contribution in [3.05, 3.63) is 157 Å². The van der Waals surface area contributed by atoms with Gasteiger partial charge in [0.25, 0.3) is 0 Å². The number of hydrogen-bond acceptors (Lipinski definition) is 19. The Morgan fingerprint density at radius 2 is 1.06 bits per heavy atom. The van der Waals surface area contributed by atoms with Crippen LogP contribution in [-0.4, -0.2) is 173 Å². The van der Waals surface area contributed by atoms with Crippen molar-refractivity contribution in [1.82, 2.24) is 10.6 Å². The second-order valence-corrected chi connectivity index (χ2v) is 26.2. The van der Waals surface area contributed by atoms with Gasteiger partial charge in [0, 0.05) is 49.9 Å². The largest absolute Gasteiger partial charge is 0.397 e. The molecule has 0 heterocycles. The number of hydrogen-bond donors (Lipinski definition) is 15. The van der Waals surface area contributed by atoms with Gasteiger partial charge in [0.1, 0.15) is 12.1 Å². The minimum atomic E-state index is -4.96. The predicted molar refractivity (Wildman–Crippen MR) is 374 cm³/mol. The molecule has 0 aromatic carbocycles.